The largest absolute Gasteiger partial charge is 0.0768 e. The minimum atomic E-state index is 0.222. The van der Waals surface area contributed by atoms with Gasteiger partial charge < -0.3 is 0 Å². The Hall–Kier alpha value is -0.346. The van der Waals surface area contributed by atoms with E-state index in [1.54, 1.807) is 5.19 Å². The average Bonchev–Trinajstić information content (AvgIpc) is 1.95. The normalized spacial score (nSPS) is 12.2. The minimum Gasteiger partial charge on any atom is -0.0768 e. The average molecular weight is 166 g/mol. The molecule has 0 unspecified atom stereocenters. The van der Waals surface area contributed by atoms with Crippen molar-refractivity contribution in [2.75, 3.05) is 0 Å². The quantitative estimate of drug-likeness (QED) is 0.539. The molecule has 0 atom stereocenters. The van der Waals surface area contributed by atoms with Crippen molar-refractivity contribution in [2.45, 2.75) is 13.5 Å². The molecule has 54 valence electrons. The van der Waals surface area contributed by atoms with E-state index in [4.69, 9.17) is 0 Å². The summed E-state index contributed by atoms with van der Waals surface area (Å²) in [4.78, 5) is 0. The topological polar surface area (TPSA) is 0 Å². The molecule has 0 saturated carbocycles. The summed E-state index contributed by atoms with van der Waals surface area (Å²) in [5.41, 5.74) is 1.38. The van der Waals surface area contributed by atoms with Crippen LogP contribution in [0.4, 0.5) is 0 Å². The number of hydrogen-bond acceptors (Lipinski definition) is 0. The van der Waals surface area contributed by atoms with E-state index in [-0.39, 0.29) is 9.04 Å². The first kappa shape index (κ1) is 7.76. The lowest BCUT2D eigenvalue weighted by molar-refractivity contribution is 1.49. The van der Waals surface area contributed by atoms with Gasteiger partial charge in [-0.05, 0) is 6.92 Å². The number of rotatable bonds is 2. The molecule has 0 heterocycles. The maximum Gasteiger partial charge on any atom is 0.0420 e. The molecule has 1 aromatic rings. The Bertz CT molecular complexity index is 191. The zero-order valence-electron chi connectivity index (χ0n) is 6.72. The number of benzene rings is 1. The molecule has 10 heavy (non-hydrogen) atoms. The van der Waals surface area contributed by atoms with Gasteiger partial charge in [-0.3, -0.25) is 0 Å². The molecule has 0 radical (unpaired) electrons. The molecular weight excluding hydrogens is 152 g/mol. The van der Waals surface area contributed by atoms with Gasteiger partial charge in [0, 0.05) is 18.1 Å². The van der Waals surface area contributed by atoms with Crippen LogP contribution in [0.25, 0.3) is 0 Å². The summed E-state index contributed by atoms with van der Waals surface area (Å²) >= 11 is 0. The standard InChI is InChI=1S/C8H14Si2/c1-7-3-5-8(6-4-7)10-9-2/h3-6H,9-10H2,1-2H3. The van der Waals surface area contributed by atoms with Gasteiger partial charge in [0.1, 0.15) is 0 Å². The van der Waals surface area contributed by atoms with Crippen molar-refractivity contribution in [3.05, 3.63) is 29.8 Å². The zero-order valence-corrected chi connectivity index (χ0v) is 9.55. The van der Waals surface area contributed by atoms with Crippen LogP contribution >= 0.6 is 0 Å². The fraction of sp³-hybridized carbons (Fsp3) is 0.250. The van der Waals surface area contributed by atoms with Crippen LogP contribution in [0.5, 0.6) is 0 Å². The molecule has 0 N–H and O–H groups in total. The maximum absolute atomic E-state index is 2.41. The summed E-state index contributed by atoms with van der Waals surface area (Å²) in [6.07, 6.45) is 0. The second kappa shape index (κ2) is 3.73. The van der Waals surface area contributed by atoms with Gasteiger partial charge in [-0.2, -0.15) is 0 Å². The SMILES string of the molecule is C[SiH2][SiH2]c1ccc(C)cc1. The predicted molar refractivity (Wildman–Crippen MR) is 53.8 cm³/mol. The molecule has 0 nitrogen and oxygen atoms in total. The van der Waals surface area contributed by atoms with E-state index in [1.807, 2.05) is 0 Å². The highest BCUT2D eigenvalue weighted by molar-refractivity contribution is 7.06. The van der Waals surface area contributed by atoms with Gasteiger partial charge in [-0.1, -0.05) is 41.6 Å². The predicted octanol–water partition coefficient (Wildman–Crippen LogP) is -0.0790. The van der Waals surface area contributed by atoms with Crippen LogP contribution in [-0.2, 0) is 0 Å². The van der Waals surface area contributed by atoms with Gasteiger partial charge >= 0.3 is 0 Å². The Balaban J connectivity index is 2.69. The Kier molecular flexibility index (Phi) is 2.90. The van der Waals surface area contributed by atoms with Crippen molar-refractivity contribution in [2.24, 2.45) is 0 Å². The number of hydrogen-bond donors (Lipinski definition) is 0. The van der Waals surface area contributed by atoms with Crippen LogP contribution in [0, 0.1) is 6.92 Å². The molecule has 0 bridgehead atoms. The molecule has 1 rings (SSSR count). The summed E-state index contributed by atoms with van der Waals surface area (Å²) in [5, 5.41) is 1.65. The van der Waals surface area contributed by atoms with Crippen LogP contribution < -0.4 is 5.19 Å². The van der Waals surface area contributed by atoms with Gasteiger partial charge in [0.15, 0.2) is 0 Å². The van der Waals surface area contributed by atoms with E-state index >= 15 is 0 Å². The molecule has 0 aliphatic heterocycles. The Morgan fingerprint density at radius 1 is 1.10 bits per heavy atom. The number of aryl methyl sites for hydroxylation is 1. The van der Waals surface area contributed by atoms with Crippen molar-refractivity contribution >= 4 is 23.3 Å². The summed E-state index contributed by atoms with van der Waals surface area (Å²) in [6, 6.07) is 9.06. The first-order chi connectivity index (χ1) is 4.83. The molecule has 0 amide bonds. The van der Waals surface area contributed by atoms with E-state index in [0.717, 1.165) is 0 Å². The molecule has 0 spiro atoms. The van der Waals surface area contributed by atoms with Crippen molar-refractivity contribution in [3.63, 3.8) is 0 Å². The van der Waals surface area contributed by atoms with Gasteiger partial charge in [0.05, 0.1) is 0 Å². The summed E-state index contributed by atoms with van der Waals surface area (Å²) in [6.45, 7) is 4.56. The Morgan fingerprint density at radius 2 is 1.70 bits per heavy atom. The van der Waals surface area contributed by atoms with Crippen molar-refractivity contribution in [1.29, 1.82) is 0 Å². The van der Waals surface area contributed by atoms with E-state index in [1.165, 1.54) is 5.56 Å². The molecule has 2 heteroatoms. The van der Waals surface area contributed by atoms with Crippen molar-refractivity contribution in [1.82, 2.24) is 0 Å². The highest BCUT2D eigenvalue weighted by Gasteiger charge is 1.89. The molecule has 0 aliphatic rings. The monoisotopic (exact) mass is 166 g/mol. The Labute approximate surface area is 67.1 Å². The first-order valence-corrected chi connectivity index (χ1v) is 10.0. The first-order valence-electron chi connectivity index (χ1n) is 3.88. The third kappa shape index (κ3) is 2.12. The highest BCUT2D eigenvalue weighted by Crippen LogP contribution is 1.91. The minimum absolute atomic E-state index is 0.222. The summed E-state index contributed by atoms with van der Waals surface area (Å²) in [7, 11) is 0.564. The van der Waals surface area contributed by atoms with Crippen LogP contribution in [0.3, 0.4) is 0 Å². The zero-order chi connectivity index (χ0) is 7.40. The molecular formula is C8H14Si2. The van der Waals surface area contributed by atoms with Crippen LogP contribution in [0.15, 0.2) is 24.3 Å². The maximum atomic E-state index is 2.41. The van der Waals surface area contributed by atoms with E-state index < -0.39 is 0 Å². The van der Waals surface area contributed by atoms with Crippen LogP contribution in [0.2, 0.25) is 6.55 Å². The lowest BCUT2D eigenvalue weighted by atomic mass is 10.2. The second-order valence-electron chi connectivity index (χ2n) is 2.74. The molecule has 0 aromatic heterocycles. The van der Waals surface area contributed by atoms with Crippen molar-refractivity contribution < 1.29 is 0 Å². The molecule has 0 fully saturated rings. The molecule has 0 saturated heterocycles. The van der Waals surface area contributed by atoms with Gasteiger partial charge in [-0.15, -0.1) is 0 Å². The summed E-state index contributed by atoms with van der Waals surface area (Å²) in [5.74, 6) is 0. The van der Waals surface area contributed by atoms with Gasteiger partial charge in [-0.25, -0.2) is 0 Å². The van der Waals surface area contributed by atoms with Gasteiger partial charge in [0.25, 0.3) is 0 Å². The third-order valence-corrected chi connectivity index (χ3v) is 6.44. The third-order valence-electron chi connectivity index (χ3n) is 1.66. The molecule has 1 aromatic carbocycles. The fourth-order valence-electron chi connectivity index (χ4n) is 1.04. The van der Waals surface area contributed by atoms with E-state index in [0.29, 0.717) is 9.04 Å². The Morgan fingerprint density at radius 3 is 2.20 bits per heavy atom. The fourth-order valence-corrected chi connectivity index (χ4v) is 4.92. The molecule has 0 aliphatic carbocycles. The lowest BCUT2D eigenvalue weighted by Crippen LogP contribution is -2.17. The lowest BCUT2D eigenvalue weighted by Gasteiger charge is -1.96. The van der Waals surface area contributed by atoms with E-state index in [9.17, 15) is 0 Å². The summed E-state index contributed by atoms with van der Waals surface area (Å²) < 4.78 is 0. The second-order valence-corrected chi connectivity index (χ2v) is 9.55. The van der Waals surface area contributed by atoms with E-state index in [2.05, 4.69) is 37.7 Å². The highest BCUT2D eigenvalue weighted by atomic mass is 29.1. The van der Waals surface area contributed by atoms with Crippen LogP contribution in [-0.4, -0.2) is 18.1 Å². The van der Waals surface area contributed by atoms with Gasteiger partial charge in [0.2, 0.25) is 0 Å². The smallest absolute Gasteiger partial charge is 0.0420 e. The van der Waals surface area contributed by atoms with Crippen LogP contribution in [0.1, 0.15) is 5.56 Å². The van der Waals surface area contributed by atoms with Crippen molar-refractivity contribution in [3.8, 4) is 0 Å².